The van der Waals surface area contributed by atoms with Crippen LogP contribution in [-0.4, -0.2) is 22.4 Å². The Labute approximate surface area is 185 Å². The predicted octanol–water partition coefficient (Wildman–Crippen LogP) is 7.24. The van der Waals surface area contributed by atoms with E-state index < -0.39 is 0 Å². The van der Waals surface area contributed by atoms with Crippen molar-refractivity contribution in [1.82, 2.24) is 9.29 Å². The van der Waals surface area contributed by atoms with Crippen LogP contribution in [-0.2, 0) is 0 Å². The lowest BCUT2D eigenvalue weighted by molar-refractivity contribution is 0.263. The van der Waals surface area contributed by atoms with E-state index in [0.29, 0.717) is 11.8 Å². The van der Waals surface area contributed by atoms with E-state index in [-0.39, 0.29) is 0 Å². The molecule has 1 aromatic heterocycles. The molecule has 156 valence electrons. The minimum Gasteiger partial charge on any atom is -0.260 e. The number of fused-ring (bicyclic) bond motifs is 2. The average Bonchev–Trinajstić information content (AvgIpc) is 2.93. The zero-order valence-corrected chi connectivity index (χ0v) is 19.2. The number of rotatable bonds is 5. The summed E-state index contributed by atoms with van der Waals surface area (Å²) in [7, 11) is 0. The molecule has 2 atom stereocenters. The molecule has 4 rings (SSSR count). The maximum Gasteiger partial charge on any atom is 0.0554 e. The Balaban J connectivity index is 1.66. The van der Waals surface area contributed by atoms with Crippen LogP contribution in [0.2, 0.25) is 0 Å². The van der Waals surface area contributed by atoms with Crippen molar-refractivity contribution in [3.8, 4) is 0 Å². The Morgan fingerprint density at radius 3 is 2.93 bits per heavy atom. The molecular formula is C27H32N2S. The summed E-state index contributed by atoms with van der Waals surface area (Å²) in [6.45, 7) is 8.75. The molecule has 1 saturated heterocycles. The van der Waals surface area contributed by atoms with Gasteiger partial charge in [0.1, 0.15) is 0 Å². The Morgan fingerprint density at radius 2 is 2.10 bits per heavy atom. The molecule has 0 saturated carbocycles. The Hall–Kier alpha value is -2.10. The standard InChI is InChI=1S/C27H32N2S/c1-4-6-11-24(5-2)30-29-17-8-10-23(19-29)26-25-15-12-20(3)18-22(25)14-13-21-9-7-16-28-27(21)26/h5-7,9,11-16,18,23,26H,4,8,10,17,19H2,1-3H3/b11-6-,24-5+. The first-order chi connectivity index (χ1) is 14.7. The fourth-order valence-corrected chi connectivity index (χ4v) is 5.69. The fourth-order valence-electron chi connectivity index (χ4n) is 4.65. The Bertz CT molecular complexity index is 973. The number of aryl methyl sites for hydroxylation is 1. The van der Waals surface area contributed by atoms with Crippen molar-refractivity contribution in [2.24, 2.45) is 5.92 Å². The van der Waals surface area contributed by atoms with E-state index in [1.165, 1.54) is 45.7 Å². The van der Waals surface area contributed by atoms with Gasteiger partial charge in [-0.2, -0.15) is 0 Å². The zero-order chi connectivity index (χ0) is 20.9. The molecule has 30 heavy (non-hydrogen) atoms. The molecular weight excluding hydrogens is 384 g/mol. The van der Waals surface area contributed by atoms with Gasteiger partial charge in [0.2, 0.25) is 0 Å². The first-order valence-electron chi connectivity index (χ1n) is 11.2. The molecule has 2 aromatic rings. The van der Waals surface area contributed by atoms with Crippen molar-refractivity contribution in [3.63, 3.8) is 0 Å². The maximum atomic E-state index is 4.90. The molecule has 1 aromatic carbocycles. The monoisotopic (exact) mass is 416 g/mol. The molecule has 0 bridgehead atoms. The lowest BCUT2D eigenvalue weighted by Gasteiger charge is -2.37. The molecule has 2 unspecified atom stereocenters. The van der Waals surface area contributed by atoms with Crippen LogP contribution in [0.25, 0.3) is 12.2 Å². The van der Waals surface area contributed by atoms with Crippen LogP contribution in [0.1, 0.15) is 67.0 Å². The van der Waals surface area contributed by atoms with Crippen LogP contribution in [0.4, 0.5) is 0 Å². The van der Waals surface area contributed by atoms with Gasteiger partial charge in [0.05, 0.1) is 5.69 Å². The second-order valence-electron chi connectivity index (χ2n) is 8.30. The summed E-state index contributed by atoms with van der Waals surface area (Å²) in [6.07, 6.45) is 16.8. The minimum atomic E-state index is 0.343. The fraction of sp³-hybridized carbons (Fsp3) is 0.370. The summed E-state index contributed by atoms with van der Waals surface area (Å²) in [4.78, 5) is 6.24. The molecule has 0 radical (unpaired) electrons. The van der Waals surface area contributed by atoms with Gasteiger partial charge in [-0.05, 0) is 73.7 Å². The molecule has 2 aliphatic rings. The number of piperidine rings is 1. The van der Waals surface area contributed by atoms with Crippen LogP contribution in [0.5, 0.6) is 0 Å². The predicted molar refractivity (Wildman–Crippen MR) is 131 cm³/mol. The van der Waals surface area contributed by atoms with Crippen molar-refractivity contribution in [1.29, 1.82) is 0 Å². The van der Waals surface area contributed by atoms with Gasteiger partial charge in [-0.15, -0.1) is 0 Å². The van der Waals surface area contributed by atoms with Crippen molar-refractivity contribution in [2.45, 2.75) is 46.0 Å². The number of aromatic nitrogens is 1. The SMILES string of the molecule is C/C=C(\C=C/CC)SN1CCCC(C2c3ccc(C)cc3C=Cc3cccnc32)C1. The Morgan fingerprint density at radius 1 is 1.23 bits per heavy atom. The second kappa shape index (κ2) is 9.80. The van der Waals surface area contributed by atoms with Crippen LogP contribution < -0.4 is 0 Å². The summed E-state index contributed by atoms with van der Waals surface area (Å²) in [5, 5.41) is 0. The van der Waals surface area contributed by atoms with Gasteiger partial charge in [-0.25, -0.2) is 4.31 Å². The molecule has 1 fully saturated rings. The lowest BCUT2D eigenvalue weighted by atomic mass is 9.77. The number of pyridine rings is 1. The molecule has 0 amide bonds. The summed E-state index contributed by atoms with van der Waals surface area (Å²) in [5.41, 5.74) is 6.61. The molecule has 2 heterocycles. The van der Waals surface area contributed by atoms with Crippen LogP contribution in [0.3, 0.4) is 0 Å². The highest BCUT2D eigenvalue weighted by Crippen LogP contribution is 2.43. The highest BCUT2D eigenvalue weighted by atomic mass is 32.2. The third kappa shape index (κ3) is 4.63. The van der Waals surface area contributed by atoms with Gasteiger partial charge >= 0.3 is 0 Å². The summed E-state index contributed by atoms with van der Waals surface area (Å²) in [6, 6.07) is 11.2. The van der Waals surface area contributed by atoms with E-state index in [9.17, 15) is 0 Å². The second-order valence-corrected chi connectivity index (χ2v) is 9.47. The number of nitrogens with zero attached hydrogens (tertiary/aromatic N) is 2. The number of hydrogen-bond acceptors (Lipinski definition) is 3. The van der Waals surface area contributed by atoms with E-state index in [1.807, 2.05) is 18.1 Å². The number of benzene rings is 1. The quantitative estimate of drug-likeness (QED) is 0.377. The first kappa shape index (κ1) is 21.1. The topological polar surface area (TPSA) is 16.1 Å². The van der Waals surface area contributed by atoms with Gasteiger partial charge in [0.15, 0.2) is 0 Å². The zero-order valence-electron chi connectivity index (χ0n) is 18.3. The van der Waals surface area contributed by atoms with E-state index in [2.05, 4.69) is 85.8 Å². The summed E-state index contributed by atoms with van der Waals surface area (Å²) < 4.78 is 2.57. The van der Waals surface area contributed by atoms with E-state index in [4.69, 9.17) is 4.98 Å². The summed E-state index contributed by atoms with van der Waals surface area (Å²) >= 11 is 1.92. The van der Waals surface area contributed by atoms with Crippen molar-refractivity contribution >= 4 is 24.1 Å². The van der Waals surface area contributed by atoms with Gasteiger partial charge in [0, 0.05) is 30.1 Å². The summed E-state index contributed by atoms with van der Waals surface area (Å²) in [5.74, 6) is 0.907. The van der Waals surface area contributed by atoms with Gasteiger partial charge in [0.25, 0.3) is 0 Å². The van der Waals surface area contributed by atoms with Crippen molar-refractivity contribution in [2.75, 3.05) is 13.1 Å². The lowest BCUT2D eigenvalue weighted by Crippen LogP contribution is -2.34. The third-order valence-corrected chi connectivity index (χ3v) is 7.29. The normalized spacial score (nSPS) is 22.0. The van der Waals surface area contributed by atoms with Gasteiger partial charge < -0.3 is 0 Å². The number of hydrogen-bond donors (Lipinski definition) is 0. The highest BCUT2D eigenvalue weighted by Gasteiger charge is 2.33. The minimum absolute atomic E-state index is 0.343. The van der Waals surface area contributed by atoms with Crippen LogP contribution >= 0.6 is 11.9 Å². The van der Waals surface area contributed by atoms with Crippen molar-refractivity contribution in [3.05, 3.63) is 87.6 Å². The average molecular weight is 417 g/mol. The maximum absolute atomic E-state index is 4.90. The van der Waals surface area contributed by atoms with Crippen LogP contribution in [0.15, 0.2) is 59.7 Å². The van der Waals surface area contributed by atoms with Gasteiger partial charge in [-0.3, -0.25) is 4.98 Å². The molecule has 2 nitrogen and oxygen atoms in total. The van der Waals surface area contributed by atoms with E-state index in [0.717, 1.165) is 19.5 Å². The largest absolute Gasteiger partial charge is 0.260 e. The van der Waals surface area contributed by atoms with Crippen molar-refractivity contribution < 1.29 is 0 Å². The smallest absolute Gasteiger partial charge is 0.0554 e. The van der Waals surface area contributed by atoms with E-state index in [1.54, 1.807) is 0 Å². The number of allylic oxidation sites excluding steroid dienone is 3. The highest BCUT2D eigenvalue weighted by molar-refractivity contribution is 8.01. The molecule has 0 spiro atoms. The van der Waals surface area contributed by atoms with Crippen LogP contribution in [0, 0.1) is 12.8 Å². The van der Waals surface area contributed by atoms with Gasteiger partial charge in [-0.1, -0.05) is 67.1 Å². The Kier molecular flexibility index (Phi) is 6.91. The molecule has 1 aliphatic carbocycles. The molecule has 3 heteroatoms. The third-order valence-electron chi connectivity index (χ3n) is 6.11. The van der Waals surface area contributed by atoms with E-state index >= 15 is 0 Å². The molecule has 0 N–H and O–H groups in total. The molecule has 1 aliphatic heterocycles. The first-order valence-corrected chi connectivity index (χ1v) is 12.0.